The van der Waals surface area contributed by atoms with E-state index in [1.54, 1.807) is 0 Å². The van der Waals surface area contributed by atoms with Crippen LogP contribution in [-0.2, 0) is 13.6 Å². The fourth-order valence-electron chi connectivity index (χ4n) is 2.07. The molecule has 2 heterocycles. The molecule has 0 radical (unpaired) electrons. The first-order valence-electron chi connectivity index (χ1n) is 5.34. The topological polar surface area (TPSA) is 22.8 Å². The normalized spacial score (nSPS) is 11.1. The zero-order valence-electron chi connectivity index (χ0n) is 9.17. The highest BCUT2D eigenvalue weighted by Crippen LogP contribution is 2.18. The molecule has 3 aromatic rings. The van der Waals surface area contributed by atoms with Gasteiger partial charge < -0.3 is 9.13 Å². The van der Waals surface area contributed by atoms with Crippen molar-refractivity contribution >= 4 is 10.9 Å². The van der Waals surface area contributed by atoms with E-state index in [1.165, 1.54) is 16.6 Å². The summed E-state index contributed by atoms with van der Waals surface area (Å²) >= 11 is 0. The van der Waals surface area contributed by atoms with E-state index in [-0.39, 0.29) is 0 Å². The number of aromatic nitrogens is 3. The second-order valence-electron chi connectivity index (χ2n) is 3.99. The summed E-state index contributed by atoms with van der Waals surface area (Å²) < 4.78 is 4.31. The van der Waals surface area contributed by atoms with Gasteiger partial charge in [-0.15, -0.1) is 0 Å². The van der Waals surface area contributed by atoms with Crippen LogP contribution in [0.4, 0.5) is 0 Å². The lowest BCUT2D eigenvalue weighted by Gasteiger charge is -2.04. The molecule has 0 atom stereocenters. The van der Waals surface area contributed by atoms with Crippen LogP contribution >= 0.6 is 0 Å². The van der Waals surface area contributed by atoms with Crippen LogP contribution in [0.25, 0.3) is 10.9 Å². The van der Waals surface area contributed by atoms with Crippen LogP contribution in [0.15, 0.2) is 49.1 Å². The molecular formula is C13H13N3. The molecule has 0 aliphatic heterocycles. The van der Waals surface area contributed by atoms with Crippen LogP contribution in [-0.4, -0.2) is 14.1 Å². The van der Waals surface area contributed by atoms with Crippen LogP contribution < -0.4 is 0 Å². The maximum absolute atomic E-state index is 4.06. The Bertz CT molecular complexity index is 605. The molecule has 3 rings (SSSR count). The fourth-order valence-corrected chi connectivity index (χ4v) is 2.07. The third kappa shape index (κ3) is 1.41. The van der Waals surface area contributed by atoms with Crippen molar-refractivity contribution in [3.8, 4) is 0 Å². The van der Waals surface area contributed by atoms with Gasteiger partial charge in [-0.25, -0.2) is 4.98 Å². The summed E-state index contributed by atoms with van der Waals surface area (Å²) in [4.78, 5) is 4.06. The van der Waals surface area contributed by atoms with Gasteiger partial charge in [-0.2, -0.15) is 0 Å². The summed E-state index contributed by atoms with van der Waals surface area (Å²) in [6, 6.07) is 10.7. The molecule has 0 saturated carbocycles. The summed E-state index contributed by atoms with van der Waals surface area (Å²) in [5.74, 6) is 0. The molecule has 0 spiro atoms. The Kier molecular flexibility index (Phi) is 2.03. The highest BCUT2D eigenvalue weighted by molar-refractivity contribution is 5.81. The minimum atomic E-state index is 0.866. The highest BCUT2D eigenvalue weighted by atomic mass is 15.1. The molecule has 0 fully saturated rings. The second-order valence-corrected chi connectivity index (χ2v) is 3.99. The first-order valence-corrected chi connectivity index (χ1v) is 5.34. The van der Waals surface area contributed by atoms with Crippen LogP contribution in [0, 0.1) is 0 Å². The smallest absolute Gasteiger partial charge is 0.0949 e. The quantitative estimate of drug-likeness (QED) is 0.638. The number of rotatable bonds is 2. The van der Waals surface area contributed by atoms with Gasteiger partial charge in [0.2, 0.25) is 0 Å². The van der Waals surface area contributed by atoms with E-state index in [4.69, 9.17) is 0 Å². The van der Waals surface area contributed by atoms with Gasteiger partial charge in [0.25, 0.3) is 0 Å². The van der Waals surface area contributed by atoms with E-state index in [0.717, 1.165) is 6.54 Å². The largest absolute Gasteiger partial charge is 0.346 e. The van der Waals surface area contributed by atoms with E-state index in [1.807, 2.05) is 18.7 Å². The number of benzene rings is 1. The van der Waals surface area contributed by atoms with Gasteiger partial charge in [-0.3, -0.25) is 0 Å². The standard InChI is InChI=1S/C13H13N3/c1-15-12(9-16-7-6-14-10-16)8-11-4-2-3-5-13(11)15/h2-8,10H,9H2,1H3. The SMILES string of the molecule is Cn1c(Cn2ccnc2)cc2ccccc21. The average Bonchev–Trinajstić information content (AvgIpc) is 2.90. The summed E-state index contributed by atoms with van der Waals surface area (Å²) in [5.41, 5.74) is 2.57. The summed E-state index contributed by atoms with van der Waals surface area (Å²) in [5, 5.41) is 1.29. The molecule has 3 nitrogen and oxygen atoms in total. The Hall–Kier alpha value is -2.03. The molecule has 0 N–H and O–H groups in total. The number of hydrogen-bond acceptors (Lipinski definition) is 1. The maximum atomic E-state index is 4.06. The molecule has 0 saturated heterocycles. The number of nitrogens with zero attached hydrogens (tertiary/aromatic N) is 3. The van der Waals surface area contributed by atoms with Gasteiger partial charge in [0.1, 0.15) is 0 Å². The van der Waals surface area contributed by atoms with Gasteiger partial charge in [-0.05, 0) is 17.5 Å². The molecule has 1 aromatic carbocycles. The molecule has 80 valence electrons. The molecule has 3 heteroatoms. The van der Waals surface area contributed by atoms with Crippen LogP contribution in [0.1, 0.15) is 5.69 Å². The zero-order valence-corrected chi connectivity index (χ0v) is 9.17. The number of imidazole rings is 1. The number of aryl methyl sites for hydroxylation is 1. The Morgan fingerprint density at radius 3 is 2.88 bits per heavy atom. The molecule has 2 aromatic heterocycles. The number of hydrogen-bond donors (Lipinski definition) is 0. The predicted octanol–water partition coefficient (Wildman–Crippen LogP) is 2.42. The predicted molar refractivity (Wildman–Crippen MR) is 64.2 cm³/mol. The first-order chi connectivity index (χ1) is 7.84. The first kappa shape index (κ1) is 9.21. The van der Waals surface area contributed by atoms with Gasteiger partial charge >= 0.3 is 0 Å². The van der Waals surface area contributed by atoms with Crippen molar-refractivity contribution in [2.24, 2.45) is 7.05 Å². The van der Waals surface area contributed by atoms with Crippen LogP contribution in [0.5, 0.6) is 0 Å². The van der Waals surface area contributed by atoms with Crippen molar-refractivity contribution in [2.75, 3.05) is 0 Å². The van der Waals surface area contributed by atoms with Crippen molar-refractivity contribution in [3.63, 3.8) is 0 Å². The van der Waals surface area contributed by atoms with E-state index in [0.29, 0.717) is 0 Å². The minimum Gasteiger partial charge on any atom is -0.346 e. The second kappa shape index (κ2) is 3.52. The average molecular weight is 211 g/mol. The molecule has 0 amide bonds. The lowest BCUT2D eigenvalue weighted by atomic mass is 10.2. The van der Waals surface area contributed by atoms with Crippen molar-refractivity contribution in [1.82, 2.24) is 14.1 Å². The van der Waals surface area contributed by atoms with E-state index >= 15 is 0 Å². The molecule has 0 bridgehead atoms. The summed E-state index contributed by atoms with van der Waals surface area (Å²) in [7, 11) is 2.11. The highest BCUT2D eigenvalue weighted by Gasteiger charge is 2.04. The molecular weight excluding hydrogens is 198 g/mol. The van der Waals surface area contributed by atoms with E-state index in [2.05, 4.69) is 51.5 Å². The molecule has 0 aliphatic rings. The molecule has 0 aliphatic carbocycles. The van der Waals surface area contributed by atoms with Crippen LogP contribution in [0.2, 0.25) is 0 Å². The number of fused-ring (bicyclic) bond motifs is 1. The van der Waals surface area contributed by atoms with Crippen molar-refractivity contribution in [2.45, 2.75) is 6.54 Å². The van der Waals surface area contributed by atoms with Crippen molar-refractivity contribution in [3.05, 3.63) is 54.7 Å². The van der Waals surface area contributed by atoms with Gasteiger partial charge in [0.15, 0.2) is 0 Å². The number of para-hydroxylation sites is 1. The third-order valence-electron chi connectivity index (χ3n) is 2.95. The molecule has 0 unspecified atom stereocenters. The third-order valence-corrected chi connectivity index (χ3v) is 2.95. The fraction of sp³-hybridized carbons (Fsp3) is 0.154. The Balaban J connectivity index is 2.07. The Morgan fingerprint density at radius 1 is 1.25 bits per heavy atom. The van der Waals surface area contributed by atoms with E-state index < -0.39 is 0 Å². The van der Waals surface area contributed by atoms with Crippen molar-refractivity contribution in [1.29, 1.82) is 0 Å². The monoisotopic (exact) mass is 211 g/mol. The van der Waals surface area contributed by atoms with Gasteiger partial charge in [0.05, 0.1) is 12.9 Å². The lowest BCUT2D eigenvalue weighted by molar-refractivity contribution is 0.732. The van der Waals surface area contributed by atoms with Gasteiger partial charge in [0, 0.05) is 30.7 Å². The lowest BCUT2D eigenvalue weighted by Crippen LogP contribution is -2.02. The summed E-state index contributed by atoms with van der Waals surface area (Å²) in [6.45, 7) is 0.866. The Labute approximate surface area is 94.0 Å². The van der Waals surface area contributed by atoms with Crippen LogP contribution in [0.3, 0.4) is 0 Å². The zero-order chi connectivity index (χ0) is 11.0. The maximum Gasteiger partial charge on any atom is 0.0949 e. The van der Waals surface area contributed by atoms with E-state index in [9.17, 15) is 0 Å². The Morgan fingerprint density at radius 2 is 2.12 bits per heavy atom. The molecule has 16 heavy (non-hydrogen) atoms. The summed E-state index contributed by atoms with van der Waals surface area (Å²) in [6.07, 6.45) is 5.64. The van der Waals surface area contributed by atoms with Crippen molar-refractivity contribution < 1.29 is 0 Å². The van der Waals surface area contributed by atoms with Gasteiger partial charge in [-0.1, -0.05) is 18.2 Å². The minimum absolute atomic E-state index is 0.866.